The van der Waals surface area contributed by atoms with Crippen LogP contribution in [0.15, 0.2) is 10.6 Å². The van der Waals surface area contributed by atoms with Gasteiger partial charge in [-0.25, -0.2) is 13.2 Å². The molecular weight excluding hydrogens is 403 g/mol. The predicted octanol–water partition coefficient (Wildman–Crippen LogP) is 3.26. The molecule has 2 saturated heterocycles. The zero-order valence-corrected chi connectivity index (χ0v) is 16.7. The highest BCUT2D eigenvalue weighted by Gasteiger charge is 2.37. The van der Waals surface area contributed by atoms with Crippen LogP contribution in [0.1, 0.15) is 47.5 Å². The van der Waals surface area contributed by atoms with E-state index in [4.69, 9.17) is 9.26 Å². The number of hydrogen-bond acceptors (Lipinski definition) is 6. The third kappa shape index (κ3) is 3.64. The number of aromatic nitrogens is 1. The normalized spacial score (nSPS) is 24.3. The van der Waals surface area contributed by atoms with Crippen molar-refractivity contribution in [1.82, 2.24) is 10.1 Å². The third-order valence-corrected chi connectivity index (χ3v) is 5.56. The molecule has 0 radical (unpaired) electrons. The minimum absolute atomic E-state index is 0.0510. The van der Waals surface area contributed by atoms with Crippen LogP contribution in [-0.4, -0.2) is 66.6 Å². The highest BCUT2D eigenvalue weighted by molar-refractivity contribution is 6.07. The molecule has 2 aliphatic heterocycles. The first kappa shape index (κ1) is 20.6. The first-order valence-electron chi connectivity index (χ1n) is 9.84. The van der Waals surface area contributed by atoms with Gasteiger partial charge in [0, 0.05) is 44.6 Å². The van der Waals surface area contributed by atoms with Crippen LogP contribution in [0.25, 0.3) is 11.0 Å². The van der Waals surface area contributed by atoms with Gasteiger partial charge in [0.1, 0.15) is 0 Å². The Kier molecular flexibility index (Phi) is 5.21. The van der Waals surface area contributed by atoms with Gasteiger partial charge in [-0.15, -0.1) is 0 Å². The summed E-state index contributed by atoms with van der Waals surface area (Å²) in [7, 11) is 0. The molecule has 0 bridgehead atoms. The zero-order valence-electron chi connectivity index (χ0n) is 16.7. The van der Waals surface area contributed by atoms with E-state index >= 15 is 4.39 Å². The van der Waals surface area contributed by atoms with Crippen molar-refractivity contribution in [1.29, 1.82) is 0 Å². The molecular formula is C20H22F3N3O4. The van der Waals surface area contributed by atoms with Crippen LogP contribution in [0.2, 0.25) is 0 Å². The molecule has 3 heterocycles. The Morgan fingerprint density at radius 1 is 1.23 bits per heavy atom. The maximum Gasteiger partial charge on any atom is 0.276 e. The summed E-state index contributed by atoms with van der Waals surface area (Å²) in [5, 5.41) is 3.76. The summed E-state index contributed by atoms with van der Waals surface area (Å²) in [6, 6.07) is 1.37. The van der Waals surface area contributed by atoms with Gasteiger partial charge in [-0.1, -0.05) is 5.16 Å². The number of fused-ring (bicyclic) bond motifs is 1. The number of hydrogen-bond donors (Lipinski definition) is 0. The number of piperidine rings is 1. The average molecular weight is 425 g/mol. The average Bonchev–Trinajstić information content (AvgIpc) is 3.10. The van der Waals surface area contributed by atoms with E-state index in [9.17, 15) is 18.4 Å². The van der Waals surface area contributed by atoms with Crippen molar-refractivity contribution in [3.63, 3.8) is 0 Å². The van der Waals surface area contributed by atoms with E-state index in [1.54, 1.807) is 4.90 Å². The molecule has 2 atom stereocenters. The number of benzene rings is 1. The smallest absolute Gasteiger partial charge is 0.276 e. The molecule has 0 saturated carbocycles. The molecule has 2 aromatic rings. The van der Waals surface area contributed by atoms with E-state index in [-0.39, 0.29) is 53.2 Å². The second kappa shape index (κ2) is 7.57. The Bertz CT molecular complexity index is 973. The molecule has 2 aliphatic rings. The van der Waals surface area contributed by atoms with Crippen molar-refractivity contribution in [3.05, 3.63) is 23.1 Å². The van der Waals surface area contributed by atoms with Gasteiger partial charge < -0.3 is 19.1 Å². The van der Waals surface area contributed by atoms with Crippen molar-refractivity contribution in [2.75, 3.05) is 31.1 Å². The maximum atomic E-state index is 15.4. The first-order valence-corrected chi connectivity index (χ1v) is 9.84. The van der Waals surface area contributed by atoms with Gasteiger partial charge in [-0.05, 0) is 19.9 Å². The Morgan fingerprint density at radius 2 is 1.87 bits per heavy atom. The molecule has 162 valence electrons. The van der Waals surface area contributed by atoms with Crippen LogP contribution in [0, 0.1) is 5.82 Å². The minimum atomic E-state index is -2.80. The summed E-state index contributed by atoms with van der Waals surface area (Å²) in [5.74, 6) is -4.21. The van der Waals surface area contributed by atoms with Crippen molar-refractivity contribution in [3.8, 4) is 0 Å². The van der Waals surface area contributed by atoms with E-state index in [1.807, 2.05) is 13.8 Å². The summed E-state index contributed by atoms with van der Waals surface area (Å²) in [6.45, 7) is 4.21. The number of morpholine rings is 1. The lowest BCUT2D eigenvalue weighted by Crippen LogP contribution is -2.46. The molecule has 30 heavy (non-hydrogen) atoms. The molecule has 1 aromatic carbocycles. The quantitative estimate of drug-likeness (QED) is 0.703. The standard InChI is InChI=1S/C20H22F3N3O4/c1-11-8-26(9-12(2)29-11)17-13(10-27)7-14-16(24-30-18(14)15(17)21)19(28)25-5-3-20(22,23)4-6-25/h7,10-12H,3-6,8-9H2,1-2H3/t11-,12+. The lowest BCUT2D eigenvalue weighted by Gasteiger charge is -2.37. The van der Waals surface area contributed by atoms with Gasteiger partial charge in [0.15, 0.2) is 17.8 Å². The molecule has 4 rings (SSSR count). The fourth-order valence-electron chi connectivity index (χ4n) is 4.16. The summed E-state index contributed by atoms with van der Waals surface area (Å²) < 4.78 is 52.9. The van der Waals surface area contributed by atoms with E-state index < -0.39 is 30.5 Å². The molecule has 1 amide bonds. The minimum Gasteiger partial charge on any atom is -0.372 e. The van der Waals surface area contributed by atoms with Crippen LogP contribution in [-0.2, 0) is 4.74 Å². The number of carbonyl (C=O) groups is 2. The second-order valence-corrected chi connectivity index (χ2v) is 7.96. The molecule has 0 spiro atoms. The first-order chi connectivity index (χ1) is 14.2. The van der Waals surface area contributed by atoms with E-state index in [1.165, 1.54) is 11.0 Å². The largest absolute Gasteiger partial charge is 0.372 e. The van der Waals surface area contributed by atoms with Gasteiger partial charge >= 0.3 is 0 Å². The molecule has 2 fully saturated rings. The van der Waals surface area contributed by atoms with Gasteiger partial charge in [-0.3, -0.25) is 9.59 Å². The number of ether oxygens (including phenoxy) is 1. The molecule has 7 nitrogen and oxygen atoms in total. The molecule has 10 heteroatoms. The van der Waals surface area contributed by atoms with Crippen molar-refractivity contribution in [2.45, 2.75) is 44.8 Å². The summed E-state index contributed by atoms with van der Waals surface area (Å²) in [4.78, 5) is 27.5. The van der Waals surface area contributed by atoms with Gasteiger partial charge in [0.05, 0.1) is 23.3 Å². The number of rotatable bonds is 3. The Balaban J connectivity index is 1.71. The van der Waals surface area contributed by atoms with Crippen LogP contribution in [0.3, 0.4) is 0 Å². The summed E-state index contributed by atoms with van der Waals surface area (Å²) in [6.07, 6.45) is -0.689. The lowest BCUT2D eigenvalue weighted by molar-refractivity contribution is -0.0495. The lowest BCUT2D eigenvalue weighted by atomic mass is 10.0. The maximum absolute atomic E-state index is 15.4. The van der Waals surface area contributed by atoms with Crippen LogP contribution < -0.4 is 4.90 Å². The topological polar surface area (TPSA) is 75.9 Å². The fourth-order valence-corrected chi connectivity index (χ4v) is 4.16. The number of carbonyl (C=O) groups excluding carboxylic acids is 2. The zero-order chi connectivity index (χ0) is 21.6. The van der Waals surface area contributed by atoms with Crippen molar-refractivity contribution in [2.24, 2.45) is 0 Å². The number of amides is 1. The Hall–Kier alpha value is -2.62. The number of halogens is 3. The number of anilines is 1. The SMILES string of the molecule is C[C@@H]1CN(c2c(C=O)cc3c(C(=O)N4CCC(F)(F)CC4)noc3c2F)C[C@H](C)O1. The van der Waals surface area contributed by atoms with Gasteiger partial charge in [-0.2, -0.15) is 0 Å². The predicted molar refractivity (Wildman–Crippen MR) is 102 cm³/mol. The fraction of sp³-hybridized carbons (Fsp3) is 0.550. The van der Waals surface area contributed by atoms with E-state index in [2.05, 4.69) is 5.16 Å². The Labute approximate surface area is 170 Å². The summed E-state index contributed by atoms with van der Waals surface area (Å²) in [5.41, 5.74) is -0.295. The summed E-state index contributed by atoms with van der Waals surface area (Å²) >= 11 is 0. The molecule has 0 aliphatic carbocycles. The van der Waals surface area contributed by atoms with Crippen molar-refractivity contribution < 1.29 is 32.0 Å². The van der Waals surface area contributed by atoms with Crippen LogP contribution >= 0.6 is 0 Å². The van der Waals surface area contributed by atoms with E-state index in [0.29, 0.717) is 19.4 Å². The van der Waals surface area contributed by atoms with Crippen LogP contribution in [0.5, 0.6) is 0 Å². The van der Waals surface area contributed by atoms with E-state index in [0.717, 1.165) is 0 Å². The van der Waals surface area contributed by atoms with Gasteiger partial charge in [0.2, 0.25) is 5.58 Å². The van der Waals surface area contributed by atoms with Crippen molar-refractivity contribution >= 4 is 28.8 Å². The highest BCUT2D eigenvalue weighted by atomic mass is 19.3. The third-order valence-electron chi connectivity index (χ3n) is 5.56. The van der Waals surface area contributed by atoms with Gasteiger partial charge in [0.25, 0.3) is 11.8 Å². The molecule has 0 N–H and O–H groups in total. The van der Waals surface area contributed by atoms with Crippen LogP contribution in [0.4, 0.5) is 18.9 Å². The Morgan fingerprint density at radius 3 is 2.47 bits per heavy atom. The number of aldehydes is 1. The second-order valence-electron chi connectivity index (χ2n) is 7.96. The number of alkyl halides is 2. The molecule has 1 aromatic heterocycles. The molecule has 0 unspecified atom stereocenters. The highest BCUT2D eigenvalue weighted by Crippen LogP contribution is 2.35. The number of nitrogens with zero attached hydrogens (tertiary/aromatic N) is 3. The number of likely N-dealkylation sites (tertiary alicyclic amines) is 1. The monoisotopic (exact) mass is 425 g/mol.